The van der Waals surface area contributed by atoms with Gasteiger partial charge in [0, 0.05) is 39.3 Å². The van der Waals surface area contributed by atoms with Gasteiger partial charge in [0.2, 0.25) is 0 Å². The number of benzene rings is 2. The number of carbonyl (C=O) groups excluding carboxylic acids is 1. The Kier molecular flexibility index (Phi) is 7.35. The standard InChI is InChI=1S/C21H20F7N3O2/c22-18-11-15(3-6-17(18)20(23,24)25)12-29-19(32)31-9-7-30(8-10-31)13-14-1-4-16(5-2-14)33-21(26,27)28/h1-6,11H,7-10,12-13H2,(H,29,32). The van der Waals surface area contributed by atoms with Crippen LogP contribution in [-0.4, -0.2) is 48.4 Å². The molecule has 0 aliphatic carbocycles. The lowest BCUT2D eigenvalue weighted by atomic mass is 10.1. The van der Waals surface area contributed by atoms with Gasteiger partial charge in [-0.1, -0.05) is 18.2 Å². The fourth-order valence-corrected chi connectivity index (χ4v) is 3.35. The van der Waals surface area contributed by atoms with E-state index in [1.165, 1.54) is 29.2 Å². The highest BCUT2D eigenvalue weighted by atomic mass is 19.4. The average molecular weight is 479 g/mol. The second-order valence-corrected chi connectivity index (χ2v) is 7.43. The predicted octanol–water partition coefficient (Wildman–Crippen LogP) is 4.77. The smallest absolute Gasteiger partial charge is 0.406 e. The van der Waals surface area contributed by atoms with Crippen LogP contribution in [0.5, 0.6) is 5.75 Å². The first-order valence-corrected chi connectivity index (χ1v) is 9.86. The lowest BCUT2D eigenvalue weighted by molar-refractivity contribution is -0.274. The molecule has 0 saturated carbocycles. The molecule has 180 valence electrons. The molecule has 12 heteroatoms. The van der Waals surface area contributed by atoms with Crippen molar-refractivity contribution in [2.45, 2.75) is 25.6 Å². The number of amides is 2. The number of nitrogens with zero attached hydrogens (tertiary/aromatic N) is 2. The first-order chi connectivity index (χ1) is 15.4. The summed E-state index contributed by atoms with van der Waals surface area (Å²) in [5.41, 5.74) is -0.381. The van der Waals surface area contributed by atoms with E-state index in [1.54, 1.807) is 0 Å². The highest BCUT2D eigenvalue weighted by Crippen LogP contribution is 2.31. The number of piperazine rings is 1. The Morgan fingerprint density at radius 3 is 2.06 bits per heavy atom. The number of hydrogen-bond donors (Lipinski definition) is 1. The maximum Gasteiger partial charge on any atom is 0.573 e. The van der Waals surface area contributed by atoms with Gasteiger partial charge >= 0.3 is 18.6 Å². The lowest BCUT2D eigenvalue weighted by Crippen LogP contribution is -2.51. The fraction of sp³-hybridized carbons (Fsp3) is 0.381. The highest BCUT2D eigenvalue weighted by molar-refractivity contribution is 5.74. The summed E-state index contributed by atoms with van der Waals surface area (Å²) < 4.78 is 92.0. The largest absolute Gasteiger partial charge is 0.573 e. The van der Waals surface area contributed by atoms with Gasteiger partial charge in [-0.3, -0.25) is 4.90 Å². The number of hydrogen-bond acceptors (Lipinski definition) is 3. The van der Waals surface area contributed by atoms with E-state index < -0.39 is 30.0 Å². The number of urea groups is 1. The van der Waals surface area contributed by atoms with Crippen molar-refractivity contribution >= 4 is 6.03 Å². The lowest BCUT2D eigenvalue weighted by Gasteiger charge is -2.34. The van der Waals surface area contributed by atoms with Gasteiger partial charge in [-0.25, -0.2) is 9.18 Å². The molecule has 1 fully saturated rings. The van der Waals surface area contributed by atoms with E-state index in [0.29, 0.717) is 38.8 Å². The Morgan fingerprint density at radius 1 is 0.909 bits per heavy atom. The Morgan fingerprint density at radius 2 is 1.52 bits per heavy atom. The van der Waals surface area contributed by atoms with Crippen molar-refractivity contribution in [2.75, 3.05) is 26.2 Å². The van der Waals surface area contributed by atoms with Crippen LogP contribution in [0.25, 0.3) is 0 Å². The van der Waals surface area contributed by atoms with E-state index in [4.69, 9.17) is 0 Å². The summed E-state index contributed by atoms with van der Waals surface area (Å²) in [4.78, 5) is 15.9. The van der Waals surface area contributed by atoms with E-state index in [0.717, 1.165) is 17.7 Å². The molecule has 2 aromatic carbocycles. The van der Waals surface area contributed by atoms with Crippen LogP contribution in [0.4, 0.5) is 35.5 Å². The molecule has 0 radical (unpaired) electrons. The Bertz CT molecular complexity index is 954. The summed E-state index contributed by atoms with van der Waals surface area (Å²) in [6, 6.07) is 7.59. The molecule has 2 aromatic rings. The maximum absolute atomic E-state index is 13.6. The van der Waals surface area contributed by atoms with Gasteiger partial charge in [-0.05, 0) is 35.4 Å². The number of carbonyl (C=O) groups is 1. The molecule has 33 heavy (non-hydrogen) atoms. The fourth-order valence-electron chi connectivity index (χ4n) is 3.35. The first-order valence-electron chi connectivity index (χ1n) is 9.86. The zero-order valence-electron chi connectivity index (χ0n) is 17.1. The summed E-state index contributed by atoms with van der Waals surface area (Å²) in [6.45, 7) is 2.14. The van der Waals surface area contributed by atoms with Crippen LogP contribution in [0.1, 0.15) is 16.7 Å². The third-order valence-corrected chi connectivity index (χ3v) is 5.01. The first kappa shape index (κ1) is 24.6. The molecule has 1 N–H and O–H groups in total. The SMILES string of the molecule is O=C(NCc1ccc(C(F)(F)F)c(F)c1)N1CCN(Cc2ccc(OC(F)(F)F)cc2)CC1. The van der Waals surface area contributed by atoms with E-state index >= 15 is 0 Å². The predicted molar refractivity (Wildman–Crippen MR) is 104 cm³/mol. The number of ether oxygens (including phenoxy) is 1. The van der Waals surface area contributed by atoms with Crippen molar-refractivity contribution in [3.8, 4) is 5.75 Å². The third kappa shape index (κ3) is 7.24. The topological polar surface area (TPSA) is 44.8 Å². The van der Waals surface area contributed by atoms with E-state index in [2.05, 4.69) is 10.1 Å². The number of nitrogens with one attached hydrogen (secondary N) is 1. The Hall–Kier alpha value is -3.02. The molecular formula is C21H20F7N3O2. The van der Waals surface area contributed by atoms with Crippen LogP contribution in [0.2, 0.25) is 0 Å². The summed E-state index contributed by atoms with van der Waals surface area (Å²) >= 11 is 0. The quantitative estimate of drug-likeness (QED) is 0.629. The number of halogens is 7. The molecule has 3 rings (SSSR count). The molecule has 0 spiro atoms. The summed E-state index contributed by atoms with van der Waals surface area (Å²) in [5, 5.41) is 2.56. The molecule has 1 aliphatic heterocycles. The molecular weight excluding hydrogens is 459 g/mol. The van der Waals surface area contributed by atoms with Crippen molar-refractivity contribution in [3.05, 3.63) is 65.0 Å². The molecule has 0 bridgehead atoms. The summed E-state index contributed by atoms with van der Waals surface area (Å²) in [7, 11) is 0. The average Bonchev–Trinajstić information content (AvgIpc) is 2.72. The molecule has 2 amide bonds. The van der Waals surface area contributed by atoms with Gasteiger partial charge in [0.1, 0.15) is 11.6 Å². The molecule has 0 atom stereocenters. The van der Waals surface area contributed by atoms with Gasteiger partial charge in [0.15, 0.2) is 0 Å². The minimum absolute atomic E-state index is 0.125. The van der Waals surface area contributed by atoms with E-state index in [-0.39, 0.29) is 17.9 Å². The van der Waals surface area contributed by atoms with Gasteiger partial charge in [-0.15, -0.1) is 13.2 Å². The van der Waals surface area contributed by atoms with Crippen LogP contribution in [-0.2, 0) is 19.3 Å². The van der Waals surface area contributed by atoms with Crippen molar-refractivity contribution in [1.82, 2.24) is 15.1 Å². The zero-order valence-corrected chi connectivity index (χ0v) is 17.1. The van der Waals surface area contributed by atoms with Crippen LogP contribution in [0.3, 0.4) is 0 Å². The molecule has 0 unspecified atom stereocenters. The van der Waals surface area contributed by atoms with E-state index in [9.17, 15) is 35.5 Å². The Balaban J connectivity index is 1.44. The van der Waals surface area contributed by atoms with Crippen LogP contribution in [0, 0.1) is 5.82 Å². The van der Waals surface area contributed by atoms with E-state index in [1.807, 2.05) is 4.90 Å². The zero-order chi connectivity index (χ0) is 24.2. The molecule has 1 saturated heterocycles. The second-order valence-electron chi connectivity index (χ2n) is 7.43. The molecule has 1 heterocycles. The molecule has 1 aliphatic rings. The van der Waals surface area contributed by atoms with Crippen LogP contribution < -0.4 is 10.1 Å². The number of alkyl halides is 6. The van der Waals surface area contributed by atoms with Crippen LogP contribution in [0.15, 0.2) is 42.5 Å². The minimum Gasteiger partial charge on any atom is -0.406 e. The molecule has 0 aromatic heterocycles. The van der Waals surface area contributed by atoms with Crippen molar-refractivity contribution < 1.29 is 40.3 Å². The summed E-state index contributed by atoms with van der Waals surface area (Å²) in [5.74, 6) is -1.71. The normalized spacial score (nSPS) is 15.4. The van der Waals surface area contributed by atoms with Crippen molar-refractivity contribution in [1.29, 1.82) is 0 Å². The van der Waals surface area contributed by atoms with Gasteiger partial charge in [0.05, 0.1) is 5.56 Å². The monoisotopic (exact) mass is 479 g/mol. The molecule has 5 nitrogen and oxygen atoms in total. The minimum atomic E-state index is -4.79. The van der Waals surface area contributed by atoms with Crippen LogP contribution >= 0.6 is 0 Å². The number of rotatable bonds is 5. The van der Waals surface area contributed by atoms with Crippen molar-refractivity contribution in [3.63, 3.8) is 0 Å². The van der Waals surface area contributed by atoms with Crippen molar-refractivity contribution in [2.24, 2.45) is 0 Å². The maximum atomic E-state index is 13.6. The third-order valence-electron chi connectivity index (χ3n) is 5.01. The summed E-state index contributed by atoms with van der Waals surface area (Å²) in [6.07, 6.45) is -9.54. The van der Waals surface area contributed by atoms with Gasteiger partial charge in [-0.2, -0.15) is 13.2 Å². The highest BCUT2D eigenvalue weighted by Gasteiger charge is 2.34. The second kappa shape index (κ2) is 9.86. The van der Waals surface area contributed by atoms with Gasteiger partial charge in [0.25, 0.3) is 0 Å². The Labute approximate surface area is 184 Å². The van der Waals surface area contributed by atoms with Gasteiger partial charge < -0.3 is 15.0 Å².